The lowest BCUT2D eigenvalue weighted by atomic mass is 10.0. The highest BCUT2D eigenvalue weighted by Crippen LogP contribution is 2.30. The van der Waals surface area contributed by atoms with Gasteiger partial charge in [-0.25, -0.2) is 4.98 Å². The third-order valence-corrected chi connectivity index (χ3v) is 5.10. The minimum Gasteiger partial charge on any atom is -0.350 e. The molecule has 0 radical (unpaired) electrons. The summed E-state index contributed by atoms with van der Waals surface area (Å²) in [5.74, 6) is 0.970. The highest BCUT2D eigenvalue weighted by atomic mass is 32.1. The lowest BCUT2D eigenvalue weighted by molar-refractivity contribution is 0.694. The van der Waals surface area contributed by atoms with Gasteiger partial charge in [0.25, 0.3) is 0 Å². The molecule has 0 N–H and O–H groups in total. The van der Waals surface area contributed by atoms with Gasteiger partial charge in [-0.3, -0.25) is 4.98 Å². The second-order valence-electron chi connectivity index (χ2n) is 5.78. The monoisotopic (exact) mass is 323 g/mol. The molecule has 4 rings (SSSR count). The van der Waals surface area contributed by atoms with Gasteiger partial charge in [-0.1, -0.05) is 0 Å². The van der Waals surface area contributed by atoms with Gasteiger partial charge in [0.15, 0.2) is 5.82 Å². The van der Waals surface area contributed by atoms with Crippen molar-refractivity contribution in [3.05, 3.63) is 52.6 Å². The first-order valence-electron chi connectivity index (χ1n) is 7.64. The molecule has 0 saturated heterocycles. The molecule has 4 heterocycles. The Morgan fingerprint density at radius 2 is 2.09 bits per heavy atom. The normalized spacial score (nSPS) is 13.9. The second kappa shape index (κ2) is 5.70. The zero-order chi connectivity index (χ0) is 15.8. The summed E-state index contributed by atoms with van der Waals surface area (Å²) in [7, 11) is 0. The van der Waals surface area contributed by atoms with Crippen molar-refractivity contribution >= 4 is 17.2 Å². The Bertz CT molecular complexity index is 858. The van der Waals surface area contributed by atoms with E-state index in [9.17, 15) is 0 Å². The van der Waals surface area contributed by atoms with Gasteiger partial charge < -0.3 is 4.90 Å². The Kier molecular flexibility index (Phi) is 3.53. The molecule has 1 aliphatic heterocycles. The zero-order valence-electron chi connectivity index (χ0n) is 13.2. The molecular formula is C17H17N5S. The molecule has 23 heavy (non-hydrogen) atoms. The van der Waals surface area contributed by atoms with Gasteiger partial charge in [-0.15, -0.1) is 16.4 Å². The third-order valence-electron chi connectivity index (χ3n) is 4.14. The van der Waals surface area contributed by atoms with Crippen LogP contribution < -0.4 is 4.90 Å². The summed E-state index contributed by atoms with van der Waals surface area (Å²) in [5.41, 5.74) is 4.76. The molecule has 3 aromatic heterocycles. The number of nitrogens with zero attached hydrogens (tertiary/aromatic N) is 5. The Hall–Kier alpha value is -2.34. The Balaban J connectivity index is 1.67. The number of hydrogen-bond acceptors (Lipinski definition) is 6. The van der Waals surface area contributed by atoms with Crippen LogP contribution in [0.3, 0.4) is 0 Å². The molecular weight excluding hydrogens is 306 g/mol. The van der Waals surface area contributed by atoms with Crippen LogP contribution in [-0.4, -0.2) is 26.7 Å². The van der Waals surface area contributed by atoms with Gasteiger partial charge in [0.05, 0.1) is 16.1 Å². The summed E-state index contributed by atoms with van der Waals surface area (Å²) < 4.78 is 0. The number of aromatic nitrogens is 4. The summed E-state index contributed by atoms with van der Waals surface area (Å²) in [4.78, 5) is 12.5. The van der Waals surface area contributed by atoms with Gasteiger partial charge in [0, 0.05) is 43.2 Å². The number of anilines is 1. The second-order valence-corrected chi connectivity index (χ2v) is 7.02. The molecule has 0 saturated carbocycles. The van der Waals surface area contributed by atoms with Crippen molar-refractivity contribution in [2.45, 2.75) is 26.8 Å². The molecule has 5 nitrogen and oxygen atoms in total. The molecule has 1 aliphatic rings. The minimum absolute atomic E-state index is 0.827. The number of fused-ring (bicyclic) bond motifs is 1. The van der Waals surface area contributed by atoms with E-state index in [-0.39, 0.29) is 0 Å². The van der Waals surface area contributed by atoms with Crippen molar-refractivity contribution in [2.75, 3.05) is 11.4 Å². The maximum Gasteiger partial charge on any atom is 0.154 e. The van der Waals surface area contributed by atoms with Gasteiger partial charge in [-0.05, 0) is 37.1 Å². The molecule has 6 heteroatoms. The van der Waals surface area contributed by atoms with E-state index in [1.807, 2.05) is 25.4 Å². The zero-order valence-corrected chi connectivity index (χ0v) is 14.0. The molecule has 3 aromatic rings. The first-order chi connectivity index (χ1) is 11.2. The lowest BCUT2D eigenvalue weighted by Crippen LogP contribution is -2.32. The highest BCUT2D eigenvalue weighted by Gasteiger charge is 2.20. The summed E-state index contributed by atoms with van der Waals surface area (Å²) >= 11 is 1.70. The van der Waals surface area contributed by atoms with E-state index < -0.39 is 0 Å². The predicted octanol–water partition coefficient (Wildman–Crippen LogP) is 3.17. The number of pyridine rings is 1. The van der Waals surface area contributed by atoms with E-state index in [2.05, 4.69) is 38.1 Å². The van der Waals surface area contributed by atoms with Crippen molar-refractivity contribution in [2.24, 2.45) is 0 Å². The van der Waals surface area contributed by atoms with Crippen LogP contribution in [0.25, 0.3) is 10.4 Å². The maximum atomic E-state index is 4.67. The fourth-order valence-corrected chi connectivity index (χ4v) is 3.69. The van der Waals surface area contributed by atoms with Gasteiger partial charge in [-0.2, -0.15) is 5.10 Å². The van der Waals surface area contributed by atoms with Crippen LogP contribution in [-0.2, 0) is 13.0 Å². The van der Waals surface area contributed by atoms with Crippen LogP contribution >= 0.6 is 11.3 Å². The maximum absolute atomic E-state index is 4.67. The lowest BCUT2D eigenvalue weighted by Gasteiger charge is -2.29. The van der Waals surface area contributed by atoms with E-state index in [1.165, 1.54) is 16.1 Å². The minimum atomic E-state index is 0.827. The summed E-state index contributed by atoms with van der Waals surface area (Å²) in [6.07, 6.45) is 6.57. The topological polar surface area (TPSA) is 54.8 Å². The number of rotatable bonds is 2. The number of hydrogen-bond donors (Lipinski definition) is 0. The fourth-order valence-electron chi connectivity index (χ4n) is 2.94. The van der Waals surface area contributed by atoms with E-state index in [0.29, 0.717) is 0 Å². The smallest absolute Gasteiger partial charge is 0.154 e. The van der Waals surface area contributed by atoms with Crippen molar-refractivity contribution < 1.29 is 0 Å². The van der Waals surface area contributed by atoms with E-state index in [1.54, 1.807) is 17.5 Å². The van der Waals surface area contributed by atoms with Crippen LogP contribution in [0.2, 0.25) is 0 Å². The van der Waals surface area contributed by atoms with Crippen molar-refractivity contribution in [1.82, 2.24) is 20.2 Å². The molecule has 0 atom stereocenters. The summed E-state index contributed by atoms with van der Waals surface area (Å²) in [6, 6.07) is 4.25. The van der Waals surface area contributed by atoms with Crippen molar-refractivity contribution in [3.63, 3.8) is 0 Å². The predicted molar refractivity (Wildman–Crippen MR) is 91.6 cm³/mol. The average molecular weight is 323 g/mol. The Morgan fingerprint density at radius 1 is 1.17 bits per heavy atom. The van der Waals surface area contributed by atoms with Crippen LogP contribution in [0.15, 0.2) is 30.7 Å². The fraction of sp³-hybridized carbons (Fsp3) is 0.294. The standard InChI is InChI=1S/C17H17N5S/c1-11-3-5-20-21-17(11)22-6-4-15-14(10-22)7-13(8-19-15)16-9-18-12(2)23-16/h3,5,7-9H,4,6,10H2,1-2H3. The Labute approximate surface area is 139 Å². The van der Waals surface area contributed by atoms with Gasteiger partial charge >= 0.3 is 0 Å². The van der Waals surface area contributed by atoms with Crippen LogP contribution in [0.4, 0.5) is 5.82 Å². The van der Waals surface area contributed by atoms with Crippen molar-refractivity contribution in [1.29, 1.82) is 0 Å². The molecule has 0 aliphatic carbocycles. The third kappa shape index (κ3) is 2.70. The van der Waals surface area contributed by atoms with Crippen LogP contribution in [0.1, 0.15) is 21.8 Å². The van der Waals surface area contributed by atoms with E-state index in [4.69, 9.17) is 0 Å². The summed E-state index contributed by atoms with van der Waals surface area (Å²) in [6.45, 7) is 5.86. The first-order valence-corrected chi connectivity index (χ1v) is 8.46. The Morgan fingerprint density at radius 3 is 2.87 bits per heavy atom. The van der Waals surface area contributed by atoms with Gasteiger partial charge in [0.2, 0.25) is 0 Å². The molecule has 0 fully saturated rings. The molecule has 0 amide bonds. The first kappa shape index (κ1) is 14.3. The largest absolute Gasteiger partial charge is 0.350 e. The van der Waals surface area contributed by atoms with Crippen LogP contribution in [0, 0.1) is 13.8 Å². The number of thiazole rings is 1. The molecule has 0 bridgehead atoms. The van der Waals surface area contributed by atoms with E-state index in [0.717, 1.165) is 41.5 Å². The van der Waals surface area contributed by atoms with Crippen molar-refractivity contribution in [3.8, 4) is 10.4 Å². The van der Waals surface area contributed by atoms with Gasteiger partial charge in [0.1, 0.15) is 0 Å². The van der Waals surface area contributed by atoms with E-state index >= 15 is 0 Å². The SMILES string of the molecule is Cc1ncc(-c2cnc3c(c2)CN(c2nnccc2C)CC3)s1. The number of aryl methyl sites for hydroxylation is 2. The average Bonchev–Trinajstić information content (AvgIpc) is 3.01. The highest BCUT2D eigenvalue weighted by molar-refractivity contribution is 7.15. The summed E-state index contributed by atoms with van der Waals surface area (Å²) in [5, 5.41) is 9.42. The van der Waals surface area contributed by atoms with Crippen LogP contribution in [0.5, 0.6) is 0 Å². The molecule has 116 valence electrons. The quantitative estimate of drug-likeness (QED) is 0.725. The molecule has 0 aromatic carbocycles. The molecule has 0 unspecified atom stereocenters. The molecule has 0 spiro atoms.